The highest BCUT2D eigenvalue weighted by Crippen LogP contribution is 2.26. The van der Waals surface area contributed by atoms with Crippen molar-refractivity contribution in [3.8, 4) is 11.3 Å². The van der Waals surface area contributed by atoms with Crippen LogP contribution in [-0.4, -0.2) is 24.6 Å². The van der Waals surface area contributed by atoms with Crippen LogP contribution in [0.15, 0.2) is 58.5 Å². The van der Waals surface area contributed by atoms with Crippen LogP contribution in [0.5, 0.6) is 0 Å². The molecule has 0 bridgehead atoms. The van der Waals surface area contributed by atoms with E-state index < -0.39 is 0 Å². The Kier molecular flexibility index (Phi) is 3.72. The van der Waals surface area contributed by atoms with E-state index >= 15 is 0 Å². The number of hydrogen-bond donors (Lipinski definition) is 0. The fraction of sp³-hybridized carbons (Fsp3) is 0.0667. The molecule has 0 unspecified atom stereocenters. The SMILES string of the molecule is Clc1cccc(-c2cnc(CSc3nc4ncccn4n3)o2)c1. The third-order valence-electron chi connectivity index (χ3n) is 3.08. The van der Waals surface area contributed by atoms with Gasteiger partial charge in [0, 0.05) is 23.0 Å². The number of benzene rings is 1. The van der Waals surface area contributed by atoms with Gasteiger partial charge in [-0.1, -0.05) is 35.5 Å². The van der Waals surface area contributed by atoms with Crippen LogP contribution in [0.2, 0.25) is 5.02 Å². The Hall–Kier alpha value is -2.38. The van der Waals surface area contributed by atoms with Gasteiger partial charge in [-0.2, -0.15) is 4.98 Å². The molecule has 0 aliphatic heterocycles. The Morgan fingerprint density at radius 3 is 3.04 bits per heavy atom. The number of oxazole rings is 1. The molecule has 0 N–H and O–H groups in total. The van der Waals surface area contributed by atoms with Gasteiger partial charge in [-0.3, -0.25) is 0 Å². The lowest BCUT2D eigenvalue weighted by Gasteiger charge is -1.96. The lowest BCUT2D eigenvalue weighted by molar-refractivity contribution is 0.530. The Bertz CT molecular complexity index is 934. The molecule has 0 fully saturated rings. The largest absolute Gasteiger partial charge is 0.440 e. The first-order valence-electron chi connectivity index (χ1n) is 6.79. The Labute approximate surface area is 140 Å². The summed E-state index contributed by atoms with van der Waals surface area (Å²) >= 11 is 7.44. The van der Waals surface area contributed by atoms with Crippen LogP contribution in [0.1, 0.15) is 5.89 Å². The fourth-order valence-corrected chi connectivity index (χ4v) is 2.92. The van der Waals surface area contributed by atoms with E-state index in [1.54, 1.807) is 16.9 Å². The molecule has 4 aromatic rings. The zero-order valence-corrected chi connectivity index (χ0v) is 13.3. The first-order valence-corrected chi connectivity index (χ1v) is 8.15. The summed E-state index contributed by atoms with van der Waals surface area (Å²) in [6, 6.07) is 9.28. The average molecular weight is 344 g/mol. The van der Waals surface area contributed by atoms with Gasteiger partial charge in [0.2, 0.25) is 11.0 Å². The minimum absolute atomic E-state index is 0.539. The molecule has 4 rings (SSSR count). The summed E-state index contributed by atoms with van der Waals surface area (Å²) in [6.07, 6.45) is 5.19. The van der Waals surface area contributed by atoms with Crippen LogP contribution in [0, 0.1) is 0 Å². The molecule has 6 nitrogen and oxygen atoms in total. The quantitative estimate of drug-likeness (QED) is 0.526. The molecule has 0 saturated carbocycles. The molecule has 0 radical (unpaired) electrons. The average Bonchev–Trinajstić information content (AvgIpc) is 3.19. The zero-order chi connectivity index (χ0) is 15.6. The van der Waals surface area contributed by atoms with Gasteiger partial charge in [0.15, 0.2) is 5.76 Å². The predicted molar refractivity (Wildman–Crippen MR) is 87.3 cm³/mol. The normalized spacial score (nSPS) is 11.2. The zero-order valence-electron chi connectivity index (χ0n) is 11.8. The maximum absolute atomic E-state index is 5.99. The van der Waals surface area contributed by atoms with E-state index in [4.69, 9.17) is 16.0 Å². The van der Waals surface area contributed by atoms with Gasteiger partial charge >= 0.3 is 0 Å². The molecule has 23 heavy (non-hydrogen) atoms. The monoisotopic (exact) mass is 343 g/mol. The van der Waals surface area contributed by atoms with Crippen LogP contribution >= 0.6 is 23.4 Å². The van der Waals surface area contributed by atoms with E-state index in [1.165, 1.54) is 11.8 Å². The Balaban J connectivity index is 1.49. The molecule has 0 spiro atoms. The van der Waals surface area contributed by atoms with Crippen LogP contribution in [-0.2, 0) is 5.75 Å². The molecule has 0 aliphatic rings. The topological polar surface area (TPSA) is 69.1 Å². The molecule has 3 aromatic heterocycles. The number of hydrogen-bond acceptors (Lipinski definition) is 6. The number of fused-ring (bicyclic) bond motifs is 1. The molecule has 114 valence electrons. The molecule has 0 atom stereocenters. The second kappa shape index (κ2) is 6.02. The standard InChI is InChI=1S/C15H10ClN5OS/c16-11-4-1-3-10(7-11)12-8-18-13(22-12)9-23-15-19-14-17-5-2-6-21(14)20-15/h1-8H,9H2. The minimum atomic E-state index is 0.539. The van der Waals surface area contributed by atoms with Gasteiger partial charge in [0.25, 0.3) is 5.78 Å². The smallest absolute Gasteiger partial charge is 0.253 e. The molecule has 3 heterocycles. The summed E-state index contributed by atoms with van der Waals surface area (Å²) in [4.78, 5) is 12.7. The van der Waals surface area contributed by atoms with Crippen molar-refractivity contribution in [1.82, 2.24) is 24.6 Å². The summed E-state index contributed by atoms with van der Waals surface area (Å²) in [5, 5.41) is 5.62. The van der Waals surface area contributed by atoms with Gasteiger partial charge in [-0.25, -0.2) is 14.5 Å². The number of nitrogens with zero attached hydrogens (tertiary/aromatic N) is 5. The summed E-state index contributed by atoms with van der Waals surface area (Å²) in [6.45, 7) is 0. The Morgan fingerprint density at radius 1 is 1.22 bits per heavy atom. The van der Waals surface area contributed by atoms with Crippen molar-refractivity contribution in [2.75, 3.05) is 0 Å². The van der Waals surface area contributed by atoms with Crippen molar-refractivity contribution in [2.24, 2.45) is 0 Å². The second-order valence-corrected chi connectivity index (χ2v) is 6.05. The first-order chi connectivity index (χ1) is 11.3. The van der Waals surface area contributed by atoms with Crippen molar-refractivity contribution in [1.29, 1.82) is 0 Å². The van der Waals surface area contributed by atoms with Crippen molar-refractivity contribution in [3.05, 3.63) is 59.8 Å². The number of rotatable bonds is 4. The summed E-state index contributed by atoms with van der Waals surface area (Å²) in [5.74, 6) is 2.41. The summed E-state index contributed by atoms with van der Waals surface area (Å²) in [7, 11) is 0. The highest BCUT2D eigenvalue weighted by molar-refractivity contribution is 7.98. The van der Waals surface area contributed by atoms with Gasteiger partial charge < -0.3 is 4.42 Å². The molecular weight excluding hydrogens is 334 g/mol. The molecule has 8 heteroatoms. The first kappa shape index (κ1) is 14.2. The van der Waals surface area contributed by atoms with Gasteiger partial charge in [0.05, 0.1) is 11.9 Å². The predicted octanol–water partition coefficient (Wildman–Crippen LogP) is 3.73. The number of thioether (sulfide) groups is 1. The third-order valence-corrected chi connectivity index (χ3v) is 4.14. The lowest BCUT2D eigenvalue weighted by Crippen LogP contribution is -1.87. The fourth-order valence-electron chi connectivity index (χ4n) is 2.05. The van der Waals surface area contributed by atoms with Crippen molar-refractivity contribution in [2.45, 2.75) is 10.9 Å². The van der Waals surface area contributed by atoms with Gasteiger partial charge in [-0.15, -0.1) is 5.10 Å². The molecule has 1 aromatic carbocycles. The maximum Gasteiger partial charge on any atom is 0.253 e. The van der Waals surface area contributed by atoms with Crippen molar-refractivity contribution >= 4 is 29.1 Å². The van der Waals surface area contributed by atoms with E-state index in [1.807, 2.05) is 36.5 Å². The molecule has 0 aliphatic carbocycles. The van der Waals surface area contributed by atoms with Crippen LogP contribution in [0.4, 0.5) is 0 Å². The third kappa shape index (κ3) is 3.06. The highest BCUT2D eigenvalue weighted by atomic mass is 35.5. The van der Waals surface area contributed by atoms with Gasteiger partial charge in [-0.05, 0) is 18.2 Å². The van der Waals surface area contributed by atoms with Crippen LogP contribution < -0.4 is 0 Å². The van der Waals surface area contributed by atoms with Crippen molar-refractivity contribution < 1.29 is 4.42 Å². The number of halogens is 1. The van der Waals surface area contributed by atoms with E-state index in [0.717, 1.165) is 5.56 Å². The highest BCUT2D eigenvalue weighted by Gasteiger charge is 2.10. The summed E-state index contributed by atoms with van der Waals surface area (Å²) < 4.78 is 7.39. The molecule has 0 amide bonds. The molecular formula is C15H10ClN5OS. The van der Waals surface area contributed by atoms with E-state index in [9.17, 15) is 0 Å². The van der Waals surface area contributed by atoms with E-state index in [0.29, 0.717) is 33.4 Å². The van der Waals surface area contributed by atoms with Gasteiger partial charge in [0.1, 0.15) is 0 Å². The van der Waals surface area contributed by atoms with E-state index in [-0.39, 0.29) is 0 Å². The number of aromatic nitrogens is 5. The van der Waals surface area contributed by atoms with Crippen LogP contribution in [0.3, 0.4) is 0 Å². The molecule has 0 saturated heterocycles. The Morgan fingerprint density at radius 2 is 2.17 bits per heavy atom. The minimum Gasteiger partial charge on any atom is -0.440 e. The van der Waals surface area contributed by atoms with Crippen LogP contribution in [0.25, 0.3) is 17.1 Å². The maximum atomic E-state index is 5.99. The van der Waals surface area contributed by atoms with E-state index in [2.05, 4.69) is 20.1 Å². The summed E-state index contributed by atoms with van der Waals surface area (Å²) in [5.41, 5.74) is 0.899. The van der Waals surface area contributed by atoms with Crippen molar-refractivity contribution in [3.63, 3.8) is 0 Å². The lowest BCUT2D eigenvalue weighted by atomic mass is 10.2. The second-order valence-electron chi connectivity index (χ2n) is 4.68.